The molecule has 0 spiro atoms. The summed E-state index contributed by atoms with van der Waals surface area (Å²) in [7, 11) is 0. The van der Waals surface area contributed by atoms with Crippen molar-refractivity contribution >= 4 is 23.3 Å². The number of hydrogen-bond donors (Lipinski definition) is 1. The Morgan fingerprint density at radius 3 is 2.52 bits per heavy atom. The SMILES string of the molecule is Cc1cc(C(=O)O[C@@H](C)C(=O)Nc2ccccc2F)ccc1[N+](=O)[O-]. The predicted octanol–water partition coefficient (Wildman–Crippen LogP) is 3.23. The highest BCUT2D eigenvalue weighted by Gasteiger charge is 2.21. The number of nitrogens with zero attached hydrogens (tertiary/aromatic N) is 1. The first-order valence-corrected chi connectivity index (χ1v) is 7.31. The number of carbonyl (C=O) groups excluding carboxylic acids is 2. The van der Waals surface area contributed by atoms with Crippen molar-refractivity contribution in [3.63, 3.8) is 0 Å². The Hall–Kier alpha value is -3.29. The van der Waals surface area contributed by atoms with Gasteiger partial charge in [0.15, 0.2) is 6.10 Å². The van der Waals surface area contributed by atoms with E-state index in [0.29, 0.717) is 5.56 Å². The van der Waals surface area contributed by atoms with E-state index in [0.717, 1.165) is 0 Å². The number of anilines is 1. The van der Waals surface area contributed by atoms with Gasteiger partial charge < -0.3 is 10.1 Å². The lowest BCUT2D eigenvalue weighted by Crippen LogP contribution is -2.30. The lowest BCUT2D eigenvalue weighted by molar-refractivity contribution is -0.385. The molecule has 25 heavy (non-hydrogen) atoms. The topological polar surface area (TPSA) is 98.5 Å². The second-order valence-corrected chi connectivity index (χ2v) is 5.28. The van der Waals surface area contributed by atoms with Crippen molar-refractivity contribution in [1.82, 2.24) is 0 Å². The van der Waals surface area contributed by atoms with Crippen LogP contribution < -0.4 is 5.32 Å². The lowest BCUT2D eigenvalue weighted by Gasteiger charge is -2.14. The number of hydrogen-bond acceptors (Lipinski definition) is 5. The summed E-state index contributed by atoms with van der Waals surface area (Å²) in [5.74, 6) is -2.12. The van der Waals surface area contributed by atoms with Gasteiger partial charge in [-0.2, -0.15) is 0 Å². The highest BCUT2D eigenvalue weighted by molar-refractivity contribution is 5.97. The minimum absolute atomic E-state index is 0.0263. The van der Waals surface area contributed by atoms with Crippen LogP contribution >= 0.6 is 0 Å². The molecule has 1 amide bonds. The zero-order valence-corrected chi connectivity index (χ0v) is 13.5. The molecule has 0 radical (unpaired) electrons. The number of para-hydroxylation sites is 1. The van der Waals surface area contributed by atoms with Crippen molar-refractivity contribution in [3.8, 4) is 0 Å². The molecule has 0 aliphatic heterocycles. The summed E-state index contributed by atoms with van der Waals surface area (Å²) in [6.45, 7) is 2.83. The molecule has 0 bridgehead atoms. The van der Waals surface area contributed by atoms with E-state index in [1.807, 2.05) is 0 Å². The molecular formula is C17H15FN2O5. The maximum absolute atomic E-state index is 13.5. The van der Waals surface area contributed by atoms with Crippen molar-refractivity contribution in [3.05, 3.63) is 69.5 Å². The quantitative estimate of drug-likeness (QED) is 0.509. The smallest absolute Gasteiger partial charge is 0.338 e. The number of esters is 1. The van der Waals surface area contributed by atoms with Gasteiger partial charge in [-0.15, -0.1) is 0 Å². The van der Waals surface area contributed by atoms with Crippen LogP contribution in [0.5, 0.6) is 0 Å². The fourth-order valence-corrected chi connectivity index (χ4v) is 2.07. The van der Waals surface area contributed by atoms with E-state index in [1.54, 1.807) is 6.07 Å². The number of halogens is 1. The van der Waals surface area contributed by atoms with E-state index in [9.17, 15) is 24.1 Å². The highest BCUT2D eigenvalue weighted by Crippen LogP contribution is 2.20. The van der Waals surface area contributed by atoms with Gasteiger partial charge in [-0.25, -0.2) is 9.18 Å². The van der Waals surface area contributed by atoms with Crippen molar-refractivity contribution in [2.24, 2.45) is 0 Å². The Balaban J connectivity index is 2.04. The minimum Gasteiger partial charge on any atom is -0.449 e. The van der Waals surface area contributed by atoms with Crippen LogP contribution in [0.25, 0.3) is 0 Å². The fraction of sp³-hybridized carbons (Fsp3) is 0.176. The standard InChI is InChI=1S/C17H15FN2O5/c1-10-9-12(7-8-15(10)20(23)24)17(22)25-11(2)16(21)19-14-6-4-3-5-13(14)18/h3-9,11H,1-2H3,(H,19,21)/t11-/m0/s1. The van der Waals surface area contributed by atoms with E-state index in [-0.39, 0.29) is 16.9 Å². The Labute approximate surface area is 142 Å². The molecule has 2 aromatic carbocycles. The van der Waals surface area contributed by atoms with Gasteiger partial charge in [0.2, 0.25) is 0 Å². The summed E-state index contributed by atoms with van der Waals surface area (Å²) < 4.78 is 18.5. The Morgan fingerprint density at radius 1 is 1.24 bits per heavy atom. The van der Waals surface area contributed by atoms with Crippen molar-refractivity contribution in [2.45, 2.75) is 20.0 Å². The molecule has 0 fully saturated rings. The average molecular weight is 346 g/mol. The van der Waals surface area contributed by atoms with Gasteiger partial charge in [0.25, 0.3) is 11.6 Å². The summed E-state index contributed by atoms with van der Waals surface area (Å²) in [5, 5.41) is 13.1. The molecule has 0 unspecified atom stereocenters. The molecule has 0 saturated carbocycles. The second kappa shape index (κ2) is 7.52. The molecule has 130 valence electrons. The number of rotatable bonds is 5. The van der Waals surface area contributed by atoms with Gasteiger partial charge in [0.05, 0.1) is 16.2 Å². The van der Waals surface area contributed by atoms with Crippen LogP contribution in [0.2, 0.25) is 0 Å². The van der Waals surface area contributed by atoms with E-state index in [4.69, 9.17) is 4.74 Å². The zero-order chi connectivity index (χ0) is 18.6. The number of benzene rings is 2. The summed E-state index contributed by atoms with van der Waals surface area (Å²) in [5.41, 5.74) is 0.222. The summed E-state index contributed by atoms with van der Waals surface area (Å²) >= 11 is 0. The van der Waals surface area contributed by atoms with Gasteiger partial charge in [-0.1, -0.05) is 12.1 Å². The molecule has 1 atom stereocenters. The molecule has 2 rings (SSSR count). The number of ether oxygens (including phenoxy) is 1. The van der Waals surface area contributed by atoms with Gasteiger partial charge in [-0.05, 0) is 38.1 Å². The first kappa shape index (κ1) is 18.1. The molecule has 7 nitrogen and oxygen atoms in total. The summed E-state index contributed by atoms with van der Waals surface area (Å²) in [6.07, 6.45) is -1.18. The van der Waals surface area contributed by atoms with Crippen LogP contribution in [0.3, 0.4) is 0 Å². The molecule has 0 aliphatic carbocycles. The average Bonchev–Trinajstić information content (AvgIpc) is 2.56. The van der Waals surface area contributed by atoms with Gasteiger partial charge >= 0.3 is 5.97 Å². The predicted molar refractivity (Wildman–Crippen MR) is 87.7 cm³/mol. The first-order valence-electron chi connectivity index (χ1n) is 7.31. The number of nitrogens with one attached hydrogen (secondary N) is 1. The fourth-order valence-electron chi connectivity index (χ4n) is 2.07. The van der Waals surface area contributed by atoms with E-state index >= 15 is 0 Å². The first-order chi connectivity index (χ1) is 11.8. The molecule has 1 N–H and O–H groups in total. The largest absolute Gasteiger partial charge is 0.449 e. The molecule has 0 saturated heterocycles. The lowest BCUT2D eigenvalue weighted by atomic mass is 10.1. The maximum Gasteiger partial charge on any atom is 0.338 e. The normalized spacial score (nSPS) is 11.5. The number of aryl methyl sites for hydroxylation is 1. The Morgan fingerprint density at radius 2 is 1.92 bits per heavy atom. The maximum atomic E-state index is 13.5. The van der Waals surface area contributed by atoms with Crippen molar-refractivity contribution in [2.75, 3.05) is 5.32 Å². The van der Waals surface area contributed by atoms with Crippen LogP contribution in [-0.2, 0) is 9.53 Å². The van der Waals surface area contributed by atoms with Gasteiger partial charge in [0, 0.05) is 11.6 Å². The second-order valence-electron chi connectivity index (χ2n) is 5.28. The van der Waals surface area contributed by atoms with E-state index in [1.165, 1.54) is 50.2 Å². The molecule has 8 heteroatoms. The Bertz CT molecular complexity index is 838. The number of nitro groups is 1. The summed E-state index contributed by atoms with van der Waals surface area (Å²) in [4.78, 5) is 34.3. The van der Waals surface area contributed by atoms with Crippen LogP contribution in [0.4, 0.5) is 15.8 Å². The third kappa shape index (κ3) is 4.37. The van der Waals surface area contributed by atoms with Gasteiger partial charge in [0.1, 0.15) is 5.82 Å². The van der Waals surface area contributed by atoms with Crippen molar-refractivity contribution < 1.29 is 23.6 Å². The van der Waals surface area contributed by atoms with Crippen LogP contribution in [0, 0.1) is 22.9 Å². The molecular weight excluding hydrogens is 331 g/mol. The molecule has 0 aromatic heterocycles. The molecule has 0 aliphatic rings. The third-order valence-electron chi connectivity index (χ3n) is 3.41. The number of amides is 1. The minimum atomic E-state index is -1.18. The highest BCUT2D eigenvalue weighted by atomic mass is 19.1. The van der Waals surface area contributed by atoms with Crippen molar-refractivity contribution in [1.29, 1.82) is 0 Å². The number of nitro benzene ring substituents is 1. The number of carbonyl (C=O) groups is 2. The summed E-state index contributed by atoms with van der Waals surface area (Å²) in [6, 6.07) is 9.33. The third-order valence-corrected chi connectivity index (χ3v) is 3.41. The molecule has 2 aromatic rings. The van der Waals surface area contributed by atoms with Gasteiger partial charge in [-0.3, -0.25) is 14.9 Å². The van der Waals surface area contributed by atoms with Crippen LogP contribution in [0.1, 0.15) is 22.8 Å². The van der Waals surface area contributed by atoms with E-state index in [2.05, 4.69) is 5.32 Å². The van der Waals surface area contributed by atoms with Crippen LogP contribution in [0.15, 0.2) is 42.5 Å². The molecule has 0 heterocycles. The monoisotopic (exact) mass is 346 g/mol. The van der Waals surface area contributed by atoms with E-state index < -0.39 is 28.7 Å². The zero-order valence-electron chi connectivity index (χ0n) is 13.5. The van der Waals surface area contributed by atoms with Crippen LogP contribution in [-0.4, -0.2) is 22.9 Å². The Kier molecular flexibility index (Phi) is 5.43.